The molecule has 0 amide bonds. The van der Waals surface area contributed by atoms with Crippen molar-refractivity contribution in [2.45, 2.75) is 32.1 Å². The van der Waals surface area contributed by atoms with Crippen LogP contribution in [0.3, 0.4) is 0 Å². The van der Waals surface area contributed by atoms with Gasteiger partial charge in [0.15, 0.2) is 0 Å². The molecule has 3 aliphatic rings. The summed E-state index contributed by atoms with van der Waals surface area (Å²) >= 11 is 0. The maximum absolute atomic E-state index is 10.6. The van der Waals surface area contributed by atoms with Crippen LogP contribution >= 0.6 is 0 Å². The maximum Gasteiger partial charge on any atom is 0.303 e. The summed E-state index contributed by atoms with van der Waals surface area (Å²) in [6.07, 6.45) is 10.1. The van der Waals surface area contributed by atoms with Crippen LogP contribution in [0.15, 0.2) is 12.2 Å². The van der Waals surface area contributed by atoms with Crippen molar-refractivity contribution in [3.63, 3.8) is 0 Å². The van der Waals surface area contributed by atoms with Gasteiger partial charge in [-0.1, -0.05) is 12.2 Å². The van der Waals surface area contributed by atoms with Crippen molar-refractivity contribution in [1.29, 1.82) is 0 Å². The van der Waals surface area contributed by atoms with Crippen molar-refractivity contribution in [3.05, 3.63) is 12.2 Å². The Morgan fingerprint density at radius 1 is 1.27 bits per heavy atom. The predicted octanol–water partition coefficient (Wildman–Crippen LogP) is 2.70. The molecule has 2 bridgehead atoms. The molecule has 5 atom stereocenters. The topological polar surface area (TPSA) is 37.3 Å². The minimum Gasteiger partial charge on any atom is -0.481 e. The highest BCUT2D eigenvalue weighted by Gasteiger charge is 2.50. The van der Waals surface area contributed by atoms with Gasteiger partial charge in [0, 0.05) is 6.42 Å². The highest BCUT2D eigenvalue weighted by atomic mass is 16.4. The molecular weight excluding hydrogens is 188 g/mol. The molecule has 2 fully saturated rings. The Morgan fingerprint density at radius 2 is 2.07 bits per heavy atom. The molecule has 0 spiro atoms. The first-order chi connectivity index (χ1) is 7.25. The second kappa shape index (κ2) is 3.36. The number of carbonyl (C=O) groups is 1. The molecule has 0 heterocycles. The van der Waals surface area contributed by atoms with Crippen molar-refractivity contribution < 1.29 is 9.90 Å². The standard InChI is InChI=1S/C13H18O2/c14-12(15)6-4-8-3-5-11-9-1-2-10(7-9)13(8)11/h3,5,8-11,13H,1-2,4,6-7H2,(H,14,15). The SMILES string of the molecule is O=C(O)CCC1C=CC2C3CCC(C3)C12. The molecule has 15 heavy (non-hydrogen) atoms. The van der Waals surface area contributed by atoms with E-state index in [-0.39, 0.29) is 0 Å². The van der Waals surface area contributed by atoms with Crippen molar-refractivity contribution >= 4 is 5.97 Å². The molecule has 3 aliphatic carbocycles. The van der Waals surface area contributed by atoms with E-state index >= 15 is 0 Å². The Hall–Kier alpha value is -0.790. The van der Waals surface area contributed by atoms with E-state index in [1.807, 2.05) is 0 Å². The second-order valence-corrected chi connectivity index (χ2v) is 5.47. The van der Waals surface area contributed by atoms with Gasteiger partial charge in [0.25, 0.3) is 0 Å². The molecule has 0 aliphatic heterocycles. The summed E-state index contributed by atoms with van der Waals surface area (Å²) in [5.41, 5.74) is 0. The Labute approximate surface area is 90.4 Å². The largest absolute Gasteiger partial charge is 0.481 e. The van der Waals surface area contributed by atoms with Crippen molar-refractivity contribution in [3.8, 4) is 0 Å². The van der Waals surface area contributed by atoms with Crippen LogP contribution in [0.5, 0.6) is 0 Å². The molecule has 0 aromatic rings. The first-order valence-electron chi connectivity index (χ1n) is 6.16. The molecule has 2 heteroatoms. The lowest BCUT2D eigenvalue weighted by molar-refractivity contribution is -0.137. The summed E-state index contributed by atoms with van der Waals surface area (Å²) in [5.74, 6) is 3.39. The van der Waals surface area contributed by atoms with Crippen LogP contribution in [0.25, 0.3) is 0 Å². The van der Waals surface area contributed by atoms with Gasteiger partial charge in [-0.2, -0.15) is 0 Å². The van der Waals surface area contributed by atoms with E-state index in [2.05, 4.69) is 12.2 Å². The van der Waals surface area contributed by atoms with Gasteiger partial charge in [0.05, 0.1) is 0 Å². The van der Waals surface area contributed by atoms with E-state index in [1.54, 1.807) is 0 Å². The molecule has 0 aromatic heterocycles. The number of aliphatic carboxylic acids is 1. The van der Waals surface area contributed by atoms with Crippen molar-refractivity contribution in [1.82, 2.24) is 0 Å². The van der Waals surface area contributed by atoms with Crippen molar-refractivity contribution in [2.24, 2.45) is 29.6 Å². The molecule has 5 unspecified atom stereocenters. The third-order valence-corrected chi connectivity index (χ3v) is 4.81. The lowest BCUT2D eigenvalue weighted by atomic mass is 9.76. The molecule has 3 rings (SSSR count). The zero-order chi connectivity index (χ0) is 10.4. The highest BCUT2D eigenvalue weighted by Crippen LogP contribution is 2.58. The van der Waals surface area contributed by atoms with Gasteiger partial charge in [-0.05, 0) is 55.3 Å². The molecule has 2 nitrogen and oxygen atoms in total. The Balaban J connectivity index is 1.67. The Bertz CT molecular complexity index is 308. The molecule has 82 valence electrons. The highest BCUT2D eigenvalue weighted by molar-refractivity contribution is 5.66. The zero-order valence-corrected chi connectivity index (χ0v) is 8.93. The van der Waals surface area contributed by atoms with E-state index in [1.165, 1.54) is 19.3 Å². The summed E-state index contributed by atoms with van der Waals surface area (Å²) in [4.78, 5) is 10.6. The third kappa shape index (κ3) is 1.42. The van der Waals surface area contributed by atoms with Crippen LogP contribution in [0.1, 0.15) is 32.1 Å². The Morgan fingerprint density at radius 3 is 2.87 bits per heavy atom. The van der Waals surface area contributed by atoms with Crippen LogP contribution in [0, 0.1) is 29.6 Å². The van der Waals surface area contributed by atoms with Crippen LogP contribution < -0.4 is 0 Å². The molecule has 0 saturated heterocycles. The summed E-state index contributed by atoms with van der Waals surface area (Å²) < 4.78 is 0. The van der Waals surface area contributed by atoms with Crippen LogP contribution in [-0.2, 0) is 4.79 Å². The van der Waals surface area contributed by atoms with Gasteiger partial charge in [0.1, 0.15) is 0 Å². The number of carboxylic acid groups (broad SMARTS) is 1. The summed E-state index contributed by atoms with van der Waals surface area (Å²) in [5, 5.41) is 8.72. The number of fused-ring (bicyclic) bond motifs is 5. The molecule has 1 N–H and O–H groups in total. The molecule has 0 aromatic carbocycles. The minimum atomic E-state index is -0.644. The predicted molar refractivity (Wildman–Crippen MR) is 57.3 cm³/mol. The van der Waals surface area contributed by atoms with Gasteiger partial charge in [-0.15, -0.1) is 0 Å². The number of hydrogen-bond acceptors (Lipinski definition) is 1. The maximum atomic E-state index is 10.6. The van der Waals surface area contributed by atoms with E-state index in [0.717, 1.165) is 30.1 Å². The fraction of sp³-hybridized carbons (Fsp3) is 0.769. The van der Waals surface area contributed by atoms with Gasteiger partial charge < -0.3 is 5.11 Å². The van der Waals surface area contributed by atoms with Gasteiger partial charge in [-0.3, -0.25) is 4.79 Å². The fourth-order valence-electron chi connectivity index (χ4n) is 4.28. The Kier molecular flexibility index (Phi) is 2.11. The van der Waals surface area contributed by atoms with Crippen LogP contribution in [0.4, 0.5) is 0 Å². The third-order valence-electron chi connectivity index (χ3n) is 4.81. The summed E-state index contributed by atoms with van der Waals surface area (Å²) in [7, 11) is 0. The molecule has 2 saturated carbocycles. The van der Waals surface area contributed by atoms with Gasteiger partial charge in [0.2, 0.25) is 0 Å². The summed E-state index contributed by atoms with van der Waals surface area (Å²) in [6.45, 7) is 0. The quantitative estimate of drug-likeness (QED) is 0.721. The van der Waals surface area contributed by atoms with Crippen LogP contribution in [-0.4, -0.2) is 11.1 Å². The van der Waals surface area contributed by atoms with E-state index in [4.69, 9.17) is 5.11 Å². The van der Waals surface area contributed by atoms with Crippen molar-refractivity contribution in [2.75, 3.05) is 0 Å². The van der Waals surface area contributed by atoms with Gasteiger partial charge >= 0.3 is 5.97 Å². The average molecular weight is 206 g/mol. The zero-order valence-electron chi connectivity index (χ0n) is 8.93. The second-order valence-electron chi connectivity index (χ2n) is 5.47. The number of hydrogen-bond donors (Lipinski definition) is 1. The van der Waals surface area contributed by atoms with E-state index in [0.29, 0.717) is 12.3 Å². The smallest absolute Gasteiger partial charge is 0.303 e. The minimum absolute atomic E-state index is 0.343. The number of carboxylic acids is 1. The number of allylic oxidation sites excluding steroid dienone is 2. The van der Waals surface area contributed by atoms with Gasteiger partial charge in [-0.25, -0.2) is 0 Å². The normalized spacial score (nSPS) is 46.0. The molecule has 0 radical (unpaired) electrons. The van der Waals surface area contributed by atoms with Crippen LogP contribution in [0.2, 0.25) is 0 Å². The van der Waals surface area contributed by atoms with E-state index in [9.17, 15) is 4.79 Å². The lowest BCUT2D eigenvalue weighted by Crippen LogP contribution is -2.23. The molecular formula is C13H18O2. The average Bonchev–Trinajstić information content (AvgIpc) is 2.87. The van der Waals surface area contributed by atoms with E-state index < -0.39 is 5.97 Å². The fourth-order valence-corrected chi connectivity index (χ4v) is 4.28. The first kappa shape index (κ1) is 9.44. The number of rotatable bonds is 3. The lowest BCUT2D eigenvalue weighted by Gasteiger charge is -2.29. The monoisotopic (exact) mass is 206 g/mol. The first-order valence-corrected chi connectivity index (χ1v) is 6.16. The summed E-state index contributed by atoms with van der Waals surface area (Å²) in [6, 6.07) is 0.